The summed E-state index contributed by atoms with van der Waals surface area (Å²) in [4.78, 5) is 12.0. The van der Waals surface area contributed by atoms with E-state index in [1.807, 2.05) is 0 Å². The molecule has 2 heterocycles. The minimum absolute atomic E-state index is 0.00501. The number of carbonyl (C=O) groups excluding carboxylic acids is 1. The molecule has 0 spiro atoms. The number of anilines is 1. The van der Waals surface area contributed by atoms with Crippen LogP contribution in [0.25, 0.3) is 0 Å². The summed E-state index contributed by atoms with van der Waals surface area (Å²) >= 11 is 0. The molecule has 1 saturated heterocycles. The van der Waals surface area contributed by atoms with Crippen molar-refractivity contribution in [3.05, 3.63) is 47.4 Å². The summed E-state index contributed by atoms with van der Waals surface area (Å²) in [5, 5.41) is 0. The van der Waals surface area contributed by atoms with Crippen LogP contribution in [0.4, 0.5) is 5.69 Å². The number of nitrogens with zero attached hydrogens (tertiary/aromatic N) is 1. The summed E-state index contributed by atoms with van der Waals surface area (Å²) in [5.74, 6) is -0.293. The van der Waals surface area contributed by atoms with E-state index in [0.717, 1.165) is 4.31 Å². The Labute approximate surface area is 151 Å². The molecule has 1 fully saturated rings. The smallest absolute Gasteiger partial charge is 0.242 e. The number of carbonyl (C=O) groups is 1. The second-order valence-corrected chi connectivity index (χ2v) is 9.68. The molecule has 0 atom stereocenters. The minimum Gasteiger partial charge on any atom is -0.468 e. The molecule has 26 heavy (non-hydrogen) atoms. The molecule has 0 bridgehead atoms. The van der Waals surface area contributed by atoms with Crippen LogP contribution in [0.1, 0.15) is 23.3 Å². The van der Waals surface area contributed by atoms with E-state index in [9.17, 15) is 21.6 Å². The van der Waals surface area contributed by atoms with E-state index < -0.39 is 26.0 Å². The first-order valence-electron chi connectivity index (χ1n) is 7.81. The number of rotatable bonds is 5. The van der Waals surface area contributed by atoms with Gasteiger partial charge in [0.05, 0.1) is 29.1 Å². The predicted octanol–water partition coefficient (Wildman–Crippen LogP) is 1.44. The molecule has 140 valence electrons. The number of hydrogen-bond donors (Lipinski definition) is 1. The van der Waals surface area contributed by atoms with Gasteiger partial charge in [-0.05, 0) is 49.2 Å². The van der Waals surface area contributed by atoms with E-state index in [4.69, 9.17) is 4.42 Å². The van der Waals surface area contributed by atoms with Crippen LogP contribution in [0, 0.1) is 13.8 Å². The van der Waals surface area contributed by atoms with E-state index in [1.165, 1.54) is 18.4 Å². The van der Waals surface area contributed by atoms with E-state index >= 15 is 0 Å². The van der Waals surface area contributed by atoms with Crippen LogP contribution in [0.3, 0.4) is 0 Å². The van der Waals surface area contributed by atoms with Crippen LogP contribution in [0.15, 0.2) is 39.8 Å². The lowest BCUT2D eigenvalue weighted by molar-refractivity contribution is -0.116. The van der Waals surface area contributed by atoms with Gasteiger partial charge < -0.3 is 4.42 Å². The van der Waals surface area contributed by atoms with Gasteiger partial charge in [0.1, 0.15) is 5.76 Å². The van der Waals surface area contributed by atoms with E-state index in [0.29, 0.717) is 16.9 Å². The Morgan fingerprint density at radius 1 is 1.23 bits per heavy atom. The van der Waals surface area contributed by atoms with Crippen molar-refractivity contribution in [2.75, 3.05) is 10.1 Å². The average molecular weight is 398 g/mol. The average Bonchev–Trinajstić information content (AvgIpc) is 3.12. The molecule has 1 amide bonds. The lowest BCUT2D eigenvalue weighted by Gasteiger charge is -2.19. The van der Waals surface area contributed by atoms with Crippen LogP contribution in [0.2, 0.25) is 0 Å². The molecule has 0 aliphatic carbocycles. The van der Waals surface area contributed by atoms with Gasteiger partial charge in [0.15, 0.2) is 0 Å². The van der Waals surface area contributed by atoms with Gasteiger partial charge >= 0.3 is 0 Å². The standard InChI is InChI=1S/C16H18N2O6S2/c1-11-8-13(18-15(19)5-7-25(18,20)21)9-12(2)16(11)26(22,23)17-10-14-4-3-6-24-14/h3-4,6,8-9,17H,5,7,10H2,1-2H3. The van der Waals surface area contributed by atoms with E-state index in [2.05, 4.69) is 4.72 Å². The zero-order valence-electron chi connectivity index (χ0n) is 14.2. The van der Waals surface area contributed by atoms with Crippen LogP contribution < -0.4 is 9.03 Å². The summed E-state index contributed by atoms with van der Waals surface area (Å²) in [6.45, 7) is 3.12. The van der Waals surface area contributed by atoms with Crippen molar-refractivity contribution in [2.24, 2.45) is 0 Å². The number of hydrogen-bond acceptors (Lipinski definition) is 6. The molecule has 3 rings (SSSR count). The van der Waals surface area contributed by atoms with Crippen molar-refractivity contribution < 1.29 is 26.0 Å². The van der Waals surface area contributed by atoms with Gasteiger partial charge in [0, 0.05) is 6.42 Å². The maximum Gasteiger partial charge on any atom is 0.242 e. The number of amides is 1. The Kier molecular flexibility index (Phi) is 4.67. The molecule has 10 heteroatoms. The van der Waals surface area contributed by atoms with Crippen molar-refractivity contribution in [2.45, 2.75) is 31.7 Å². The quantitative estimate of drug-likeness (QED) is 0.815. The molecule has 1 N–H and O–H groups in total. The highest BCUT2D eigenvalue weighted by molar-refractivity contribution is 7.94. The molecule has 8 nitrogen and oxygen atoms in total. The van der Waals surface area contributed by atoms with Crippen molar-refractivity contribution in [1.82, 2.24) is 4.72 Å². The summed E-state index contributed by atoms with van der Waals surface area (Å²) in [5.41, 5.74) is 0.858. The number of benzene rings is 1. The zero-order chi connectivity index (χ0) is 19.1. The molecular formula is C16H18N2O6S2. The normalized spacial score (nSPS) is 17.0. The summed E-state index contributed by atoms with van der Waals surface area (Å²) in [6, 6.07) is 6.10. The Morgan fingerprint density at radius 3 is 2.38 bits per heavy atom. The maximum atomic E-state index is 12.6. The van der Waals surface area contributed by atoms with Crippen LogP contribution in [-0.2, 0) is 31.4 Å². The molecule has 2 aromatic rings. The van der Waals surface area contributed by atoms with E-state index in [-0.39, 0.29) is 29.3 Å². The van der Waals surface area contributed by atoms with Crippen molar-refractivity contribution in [3.63, 3.8) is 0 Å². The van der Waals surface area contributed by atoms with E-state index in [1.54, 1.807) is 26.0 Å². The molecule has 0 saturated carbocycles. The predicted molar refractivity (Wildman–Crippen MR) is 94.5 cm³/mol. The molecule has 0 unspecified atom stereocenters. The zero-order valence-corrected chi connectivity index (χ0v) is 15.9. The van der Waals surface area contributed by atoms with Crippen molar-refractivity contribution in [1.29, 1.82) is 0 Å². The van der Waals surface area contributed by atoms with Gasteiger partial charge in [-0.2, -0.15) is 0 Å². The molecule has 1 aliphatic rings. The first-order chi connectivity index (χ1) is 12.1. The van der Waals surface area contributed by atoms with Gasteiger partial charge in [0.2, 0.25) is 26.0 Å². The Bertz CT molecular complexity index is 1030. The van der Waals surface area contributed by atoms with Crippen molar-refractivity contribution >= 4 is 31.6 Å². The Balaban J connectivity index is 1.96. The van der Waals surface area contributed by atoms with Crippen LogP contribution in [0.5, 0.6) is 0 Å². The third-order valence-electron chi connectivity index (χ3n) is 4.04. The van der Waals surface area contributed by atoms with Gasteiger partial charge in [-0.3, -0.25) is 4.79 Å². The van der Waals surface area contributed by atoms with Crippen molar-refractivity contribution in [3.8, 4) is 0 Å². The fraction of sp³-hybridized carbons (Fsp3) is 0.312. The summed E-state index contributed by atoms with van der Waals surface area (Å²) in [6.07, 6.45) is 1.37. The maximum absolute atomic E-state index is 12.6. The molecule has 1 aromatic carbocycles. The van der Waals surface area contributed by atoms with Gasteiger partial charge in [-0.15, -0.1) is 0 Å². The largest absolute Gasteiger partial charge is 0.468 e. The highest BCUT2D eigenvalue weighted by Gasteiger charge is 2.37. The third-order valence-corrected chi connectivity index (χ3v) is 7.44. The molecule has 1 aliphatic heterocycles. The fourth-order valence-electron chi connectivity index (χ4n) is 2.99. The molecular weight excluding hydrogens is 380 g/mol. The Morgan fingerprint density at radius 2 is 1.88 bits per heavy atom. The van der Waals surface area contributed by atoms with Crippen LogP contribution in [-0.4, -0.2) is 28.5 Å². The minimum atomic E-state index is -3.84. The topological polar surface area (TPSA) is 114 Å². The first kappa shape index (κ1) is 18.6. The Hall–Kier alpha value is -2.17. The molecule has 1 aromatic heterocycles. The highest BCUT2D eigenvalue weighted by Crippen LogP contribution is 2.31. The van der Waals surface area contributed by atoms with Gasteiger partial charge in [-0.1, -0.05) is 0 Å². The summed E-state index contributed by atoms with van der Waals surface area (Å²) in [7, 11) is -7.55. The lowest BCUT2D eigenvalue weighted by atomic mass is 10.1. The second kappa shape index (κ2) is 6.53. The fourth-order valence-corrected chi connectivity index (χ4v) is 5.87. The summed E-state index contributed by atoms with van der Waals surface area (Å²) < 4.78 is 57.7. The van der Waals surface area contributed by atoms with Gasteiger partial charge in [0.25, 0.3) is 0 Å². The second-order valence-electron chi connectivity index (χ2n) is 6.04. The first-order valence-corrected chi connectivity index (χ1v) is 10.9. The molecule has 0 radical (unpaired) electrons. The number of furan rings is 1. The lowest BCUT2D eigenvalue weighted by Crippen LogP contribution is -2.30. The monoisotopic (exact) mass is 398 g/mol. The van der Waals surface area contributed by atoms with Gasteiger partial charge in [-0.25, -0.2) is 25.9 Å². The highest BCUT2D eigenvalue weighted by atomic mass is 32.2. The van der Waals surface area contributed by atoms with Crippen LogP contribution >= 0.6 is 0 Å². The SMILES string of the molecule is Cc1cc(N2C(=O)CCS2(=O)=O)cc(C)c1S(=O)(=O)NCc1ccco1. The number of nitrogens with one attached hydrogen (secondary N) is 1. The number of sulfonamides is 2. The third kappa shape index (κ3) is 3.39. The number of aryl methyl sites for hydroxylation is 2.